The Hall–Kier alpha value is -0.390. The van der Waals surface area contributed by atoms with Gasteiger partial charge in [-0.15, -0.1) is 11.3 Å². The smallest absolute Gasteiger partial charge is 0.308 e. The van der Waals surface area contributed by atoms with Gasteiger partial charge in [-0.1, -0.05) is 13.8 Å². The zero-order valence-electron chi connectivity index (χ0n) is 10.3. The van der Waals surface area contributed by atoms with Gasteiger partial charge in [-0.3, -0.25) is 4.79 Å². The van der Waals surface area contributed by atoms with Crippen molar-refractivity contribution in [2.24, 2.45) is 11.8 Å². The molecule has 1 heterocycles. The predicted molar refractivity (Wildman–Crippen MR) is 74.3 cm³/mol. The van der Waals surface area contributed by atoms with Gasteiger partial charge in [0.05, 0.1) is 5.92 Å². The molecule has 0 radical (unpaired) electrons. The van der Waals surface area contributed by atoms with E-state index in [2.05, 4.69) is 26.9 Å². The molecule has 0 fully saturated rings. The lowest BCUT2D eigenvalue weighted by Crippen LogP contribution is -2.33. The summed E-state index contributed by atoms with van der Waals surface area (Å²) < 4.78 is 1.09. The average Bonchev–Trinajstić information content (AvgIpc) is 2.59. The van der Waals surface area contributed by atoms with Gasteiger partial charge in [-0.25, -0.2) is 0 Å². The highest BCUT2D eigenvalue weighted by Crippen LogP contribution is 2.21. The minimum Gasteiger partial charge on any atom is -0.481 e. The van der Waals surface area contributed by atoms with Crippen LogP contribution in [-0.4, -0.2) is 29.6 Å². The Morgan fingerprint density at radius 1 is 1.59 bits per heavy atom. The first-order valence-electron chi connectivity index (χ1n) is 5.54. The second kappa shape index (κ2) is 6.52. The van der Waals surface area contributed by atoms with Gasteiger partial charge in [-0.2, -0.15) is 0 Å². The predicted octanol–water partition coefficient (Wildman–Crippen LogP) is 3.30. The van der Waals surface area contributed by atoms with Crippen LogP contribution in [0.1, 0.15) is 18.7 Å². The van der Waals surface area contributed by atoms with Crippen molar-refractivity contribution >= 4 is 33.2 Å². The number of halogens is 1. The normalized spacial score (nSPS) is 13.3. The Balaban J connectivity index is 2.53. The summed E-state index contributed by atoms with van der Waals surface area (Å²) in [6.45, 7) is 5.29. The monoisotopic (exact) mass is 319 g/mol. The van der Waals surface area contributed by atoms with Crippen molar-refractivity contribution in [2.75, 3.05) is 13.6 Å². The molecular formula is C12H18BrNO2S. The van der Waals surface area contributed by atoms with Gasteiger partial charge in [0.1, 0.15) is 0 Å². The number of hydrogen-bond acceptors (Lipinski definition) is 3. The summed E-state index contributed by atoms with van der Waals surface area (Å²) in [5.74, 6) is -0.854. The van der Waals surface area contributed by atoms with Crippen molar-refractivity contribution in [2.45, 2.75) is 20.4 Å². The topological polar surface area (TPSA) is 40.5 Å². The van der Waals surface area contributed by atoms with E-state index < -0.39 is 5.97 Å². The van der Waals surface area contributed by atoms with Crippen LogP contribution in [0.2, 0.25) is 0 Å². The molecule has 1 unspecified atom stereocenters. The summed E-state index contributed by atoms with van der Waals surface area (Å²) in [7, 11) is 1.96. The zero-order valence-corrected chi connectivity index (χ0v) is 12.7. The highest BCUT2D eigenvalue weighted by molar-refractivity contribution is 9.10. The molecule has 0 aromatic carbocycles. The van der Waals surface area contributed by atoms with Crippen molar-refractivity contribution in [1.29, 1.82) is 0 Å². The number of thiophene rings is 1. The number of aliphatic carboxylic acids is 1. The Morgan fingerprint density at radius 2 is 2.24 bits per heavy atom. The van der Waals surface area contributed by atoms with Crippen LogP contribution in [0.5, 0.6) is 0 Å². The lowest BCUT2D eigenvalue weighted by molar-refractivity contribution is -0.144. The lowest BCUT2D eigenvalue weighted by Gasteiger charge is -2.23. The molecule has 0 aliphatic rings. The molecule has 0 aliphatic carbocycles. The third-order valence-corrected chi connectivity index (χ3v) is 4.36. The third-order valence-electron chi connectivity index (χ3n) is 2.68. The number of nitrogens with zero attached hydrogens (tertiary/aromatic N) is 1. The van der Waals surface area contributed by atoms with E-state index >= 15 is 0 Å². The largest absolute Gasteiger partial charge is 0.481 e. The highest BCUT2D eigenvalue weighted by Gasteiger charge is 2.23. The first-order valence-corrected chi connectivity index (χ1v) is 7.21. The molecule has 1 aromatic rings. The fourth-order valence-corrected chi connectivity index (χ4v) is 3.21. The molecular weight excluding hydrogens is 302 g/mol. The molecule has 1 aromatic heterocycles. The number of carboxylic acids is 1. The maximum Gasteiger partial charge on any atom is 0.308 e. The van der Waals surface area contributed by atoms with Gasteiger partial charge in [0, 0.05) is 27.8 Å². The summed E-state index contributed by atoms with van der Waals surface area (Å²) >= 11 is 5.10. The van der Waals surface area contributed by atoms with Gasteiger partial charge in [0.25, 0.3) is 0 Å². The van der Waals surface area contributed by atoms with E-state index in [1.807, 2.05) is 26.3 Å². The van der Waals surface area contributed by atoms with Gasteiger partial charge in [0.15, 0.2) is 0 Å². The van der Waals surface area contributed by atoms with Crippen molar-refractivity contribution in [3.8, 4) is 0 Å². The van der Waals surface area contributed by atoms with Gasteiger partial charge in [0.2, 0.25) is 0 Å². The first kappa shape index (κ1) is 14.7. The van der Waals surface area contributed by atoms with Crippen LogP contribution in [0.15, 0.2) is 15.9 Å². The van der Waals surface area contributed by atoms with Crippen LogP contribution in [-0.2, 0) is 11.3 Å². The Kier molecular flexibility index (Phi) is 5.62. The van der Waals surface area contributed by atoms with Crippen molar-refractivity contribution in [3.63, 3.8) is 0 Å². The minimum atomic E-state index is -0.709. The molecule has 1 rings (SSSR count). The molecule has 5 heteroatoms. The summed E-state index contributed by atoms with van der Waals surface area (Å²) in [6.07, 6.45) is 0. The van der Waals surface area contributed by atoms with E-state index in [9.17, 15) is 4.79 Å². The summed E-state index contributed by atoms with van der Waals surface area (Å²) in [5, 5.41) is 11.2. The van der Waals surface area contributed by atoms with Crippen molar-refractivity contribution < 1.29 is 9.90 Å². The Bertz CT molecular complexity index is 378. The van der Waals surface area contributed by atoms with Crippen LogP contribution in [0.25, 0.3) is 0 Å². The molecule has 0 spiro atoms. The van der Waals surface area contributed by atoms with Gasteiger partial charge < -0.3 is 10.0 Å². The maximum absolute atomic E-state index is 11.1. The second-order valence-corrected chi connectivity index (χ2v) is 6.53. The highest BCUT2D eigenvalue weighted by atomic mass is 79.9. The third kappa shape index (κ3) is 4.77. The van der Waals surface area contributed by atoms with Crippen molar-refractivity contribution in [1.82, 2.24) is 4.90 Å². The summed E-state index contributed by atoms with van der Waals surface area (Å²) in [5.41, 5.74) is 0. The zero-order chi connectivity index (χ0) is 13.0. The minimum absolute atomic E-state index is 0.157. The molecule has 0 saturated heterocycles. The first-order chi connectivity index (χ1) is 7.90. The van der Waals surface area contributed by atoms with E-state index in [1.54, 1.807) is 11.3 Å². The van der Waals surface area contributed by atoms with Crippen LogP contribution in [0.3, 0.4) is 0 Å². The van der Waals surface area contributed by atoms with E-state index in [0.29, 0.717) is 6.54 Å². The van der Waals surface area contributed by atoms with E-state index in [0.717, 1.165) is 11.0 Å². The summed E-state index contributed by atoms with van der Waals surface area (Å²) in [6, 6.07) is 2.08. The molecule has 3 nitrogen and oxygen atoms in total. The number of hydrogen-bond donors (Lipinski definition) is 1. The standard InChI is InChI=1S/C12H18BrNO2S/c1-8(2)11(12(15)16)6-14(3)5-10-4-9(13)7-17-10/h4,7-8,11H,5-6H2,1-3H3,(H,15,16). The Labute approximate surface area is 115 Å². The fourth-order valence-electron chi connectivity index (χ4n) is 1.68. The maximum atomic E-state index is 11.1. The number of carboxylic acid groups (broad SMARTS) is 1. The molecule has 0 amide bonds. The van der Waals surface area contributed by atoms with Crippen LogP contribution in [0.4, 0.5) is 0 Å². The molecule has 1 N–H and O–H groups in total. The fraction of sp³-hybridized carbons (Fsp3) is 0.583. The van der Waals surface area contributed by atoms with Crippen LogP contribution in [0, 0.1) is 11.8 Å². The average molecular weight is 320 g/mol. The second-order valence-electron chi connectivity index (χ2n) is 4.62. The SMILES string of the molecule is CC(C)C(CN(C)Cc1cc(Br)cs1)C(=O)O. The molecule has 0 bridgehead atoms. The van der Waals surface area contributed by atoms with E-state index in [-0.39, 0.29) is 11.8 Å². The lowest BCUT2D eigenvalue weighted by atomic mass is 9.95. The van der Waals surface area contributed by atoms with Gasteiger partial charge >= 0.3 is 5.97 Å². The molecule has 17 heavy (non-hydrogen) atoms. The molecule has 0 saturated carbocycles. The number of carbonyl (C=O) groups is 1. The number of rotatable bonds is 6. The van der Waals surface area contributed by atoms with E-state index in [4.69, 9.17) is 5.11 Å². The molecule has 1 atom stereocenters. The summed E-state index contributed by atoms with van der Waals surface area (Å²) in [4.78, 5) is 14.4. The van der Waals surface area contributed by atoms with Gasteiger partial charge in [-0.05, 0) is 35.0 Å². The van der Waals surface area contributed by atoms with Crippen LogP contribution >= 0.6 is 27.3 Å². The Morgan fingerprint density at radius 3 is 2.65 bits per heavy atom. The van der Waals surface area contributed by atoms with Crippen LogP contribution < -0.4 is 0 Å². The molecule has 96 valence electrons. The van der Waals surface area contributed by atoms with Crippen molar-refractivity contribution in [3.05, 3.63) is 20.8 Å². The molecule has 0 aliphatic heterocycles. The quantitative estimate of drug-likeness (QED) is 0.874. The van der Waals surface area contributed by atoms with E-state index in [1.165, 1.54) is 4.88 Å².